The number of carboxylic acid groups (broad SMARTS) is 2. The van der Waals surface area contributed by atoms with Gasteiger partial charge in [0.1, 0.15) is 11.5 Å². The van der Waals surface area contributed by atoms with Crippen LogP contribution in [0.1, 0.15) is 86.8 Å². The van der Waals surface area contributed by atoms with Gasteiger partial charge in [-0.05, 0) is 96.8 Å². The molecular weight excluding hydrogens is 615 g/mol. The second-order valence-electron chi connectivity index (χ2n) is 11.1. The molecule has 0 aliphatic carbocycles. The molecule has 1 radical (unpaired) electrons. The molecule has 9 heteroatoms. The molecule has 0 bridgehead atoms. The molecule has 0 atom stereocenters. The number of hydrogen-bond donors (Lipinski definition) is 2. The van der Waals surface area contributed by atoms with E-state index in [0.717, 1.165) is 46.9 Å². The number of aliphatic imine (C=N–C) groups is 2. The van der Waals surface area contributed by atoms with Gasteiger partial charge in [-0.3, -0.25) is 9.98 Å². The Labute approximate surface area is 275 Å². The van der Waals surface area contributed by atoms with Gasteiger partial charge >= 0.3 is 16.8 Å². The van der Waals surface area contributed by atoms with Crippen LogP contribution in [0.5, 0.6) is 11.5 Å². The molecule has 4 aromatic carbocycles. The molecule has 0 unspecified atom stereocenters. The van der Waals surface area contributed by atoms with Gasteiger partial charge in [-0.1, -0.05) is 64.1 Å². The Kier molecular flexibility index (Phi) is 15.2. The van der Waals surface area contributed by atoms with Crippen molar-refractivity contribution < 1.29 is 46.8 Å². The van der Waals surface area contributed by atoms with E-state index in [-0.39, 0.29) is 40.1 Å². The standard InChI is InChI=1S/C32H34N2O2.2C2H4O2.Co/c1-19(2)27-13-21(5)11-25(31(27)35)17-33-29-15-23-9-7-8-10-24(23)16-30(29)34-18-26-12-22(6)14-28(20(3)4)32(26)36;2*1-2(3)4;/h7-20,35-36H,1-6H3;2*1H3,(H,3,4);/q;;;+2/p-2. The summed E-state index contributed by atoms with van der Waals surface area (Å²) in [6, 6.07) is 20.0. The zero-order valence-corrected chi connectivity index (χ0v) is 27.9. The number of aryl methyl sites for hydroxylation is 2. The number of benzene rings is 4. The summed E-state index contributed by atoms with van der Waals surface area (Å²) in [5, 5.41) is 41.6. The smallest absolute Gasteiger partial charge is 0.550 e. The molecule has 0 saturated heterocycles. The van der Waals surface area contributed by atoms with E-state index >= 15 is 0 Å². The molecule has 239 valence electrons. The van der Waals surface area contributed by atoms with E-state index in [1.165, 1.54) is 0 Å². The van der Waals surface area contributed by atoms with E-state index in [2.05, 4.69) is 27.7 Å². The fourth-order valence-corrected chi connectivity index (χ4v) is 4.45. The molecule has 0 fully saturated rings. The number of aliphatic carboxylic acids is 2. The van der Waals surface area contributed by atoms with E-state index in [0.29, 0.717) is 22.5 Å². The van der Waals surface area contributed by atoms with Crippen LogP contribution in [0.15, 0.2) is 70.6 Å². The number of nitrogens with zero attached hydrogens (tertiary/aromatic N) is 2. The maximum Gasteiger partial charge on any atom is 2.00 e. The first kappa shape index (κ1) is 38.6. The van der Waals surface area contributed by atoms with Gasteiger partial charge in [0.2, 0.25) is 0 Å². The van der Waals surface area contributed by atoms with Crippen molar-refractivity contribution in [3.63, 3.8) is 0 Å². The first-order valence-electron chi connectivity index (χ1n) is 14.2. The topological polar surface area (TPSA) is 145 Å². The average Bonchev–Trinajstić information content (AvgIpc) is 2.92. The Morgan fingerprint density at radius 2 is 0.978 bits per heavy atom. The van der Waals surface area contributed by atoms with Crippen LogP contribution < -0.4 is 10.2 Å². The van der Waals surface area contributed by atoms with Gasteiger partial charge in [0.05, 0.1) is 11.4 Å². The summed E-state index contributed by atoms with van der Waals surface area (Å²) in [5.74, 6) is -1.24. The van der Waals surface area contributed by atoms with Crippen molar-refractivity contribution in [3.8, 4) is 11.5 Å². The minimum atomic E-state index is -1.08. The van der Waals surface area contributed by atoms with Gasteiger partial charge < -0.3 is 30.0 Å². The number of rotatable bonds is 6. The van der Waals surface area contributed by atoms with Gasteiger partial charge in [0, 0.05) is 35.5 Å². The zero-order chi connectivity index (χ0) is 33.1. The molecule has 4 aromatic rings. The largest absolute Gasteiger partial charge is 2.00 e. The van der Waals surface area contributed by atoms with Crippen LogP contribution in [0, 0.1) is 13.8 Å². The maximum atomic E-state index is 10.8. The maximum absolute atomic E-state index is 10.8. The minimum Gasteiger partial charge on any atom is -0.550 e. The molecule has 0 saturated carbocycles. The fraction of sp³-hybridized carbons (Fsp3) is 0.278. The van der Waals surface area contributed by atoms with E-state index < -0.39 is 11.9 Å². The van der Waals surface area contributed by atoms with Gasteiger partial charge in [0.15, 0.2) is 0 Å². The van der Waals surface area contributed by atoms with Crippen LogP contribution in [0.3, 0.4) is 0 Å². The molecule has 4 rings (SSSR count). The Hall–Kier alpha value is -4.47. The summed E-state index contributed by atoms with van der Waals surface area (Å²) in [4.78, 5) is 27.3. The fourth-order valence-electron chi connectivity index (χ4n) is 4.45. The van der Waals surface area contributed by atoms with Crippen molar-refractivity contribution in [2.45, 2.75) is 67.2 Å². The van der Waals surface area contributed by atoms with E-state index in [4.69, 9.17) is 29.8 Å². The molecule has 0 aliphatic rings. The monoisotopic (exact) mass is 655 g/mol. The van der Waals surface area contributed by atoms with Crippen molar-refractivity contribution in [1.82, 2.24) is 0 Å². The summed E-state index contributed by atoms with van der Waals surface area (Å²) in [6.45, 7) is 14.3. The predicted molar refractivity (Wildman–Crippen MR) is 174 cm³/mol. The first-order valence-corrected chi connectivity index (χ1v) is 14.2. The molecule has 0 spiro atoms. The predicted octanol–water partition coefficient (Wildman–Crippen LogP) is 6.13. The van der Waals surface area contributed by atoms with Crippen LogP contribution >= 0.6 is 0 Å². The van der Waals surface area contributed by atoms with Crippen molar-refractivity contribution in [2.75, 3.05) is 0 Å². The SMILES string of the molecule is CC(=O)[O-].CC(=O)[O-].Cc1cc(C=Nc2cc3ccccc3cc2N=Cc2cc(C)cc(C(C)C)c2O)c(O)c(C(C)C)c1.[Co+2]. The molecule has 2 N–H and O–H groups in total. The van der Waals surface area contributed by atoms with Gasteiger partial charge in [-0.2, -0.15) is 0 Å². The number of carbonyl (C=O) groups excluding carboxylic acids is 2. The molecule has 45 heavy (non-hydrogen) atoms. The Morgan fingerprint density at radius 3 is 1.27 bits per heavy atom. The summed E-state index contributed by atoms with van der Waals surface area (Å²) < 4.78 is 0. The van der Waals surface area contributed by atoms with Crippen molar-refractivity contribution in [1.29, 1.82) is 0 Å². The number of phenolic OH excluding ortho intramolecular Hbond substituents is 2. The van der Waals surface area contributed by atoms with Crippen LogP contribution in [0.2, 0.25) is 0 Å². The molecule has 0 amide bonds. The average molecular weight is 656 g/mol. The molecule has 0 aliphatic heterocycles. The summed E-state index contributed by atoms with van der Waals surface area (Å²) in [7, 11) is 0. The van der Waals surface area contributed by atoms with Crippen molar-refractivity contribution in [3.05, 3.63) is 94.0 Å². The number of phenols is 2. The van der Waals surface area contributed by atoms with Crippen LogP contribution in [0.25, 0.3) is 10.8 Å². The summed E-state index contributed by atoms with van der Waals surface area (Å²) >= 11 is 0. The number of carbonyl (C=O) groups is 2. The third-order valence-corrected chi connectivity index (χ3v) is 6.40. The van der Waals surface area contributed by atoms with Gasteiger partial charge in [0.25, 0.3) is 0 Å². The second kappa shape index (κ2) is 17.7. The first-order chi connectivity index (χ1) is 20.6. The zero-order valence-electron chi connectivity index (χ0n) is 26.8. The van der Waals surface area contributed by atoms with Crippen molar-refractivity contribution in [2.24, 2.45) is 9.98 Å². The number of aromatic hydroxyl groups is 2. The normalized spacial score (nSPS) is 10.8. The Morgan fingerprint density at radius 1 is 0.667 bits per heavy atom. The molecular formula is C36H40CoN2O6. The van der Waals surface area contributed by atoms with Crippen LogP contribution in [0.4, 0.5) is 11.4 Å². The third kappa shape index (κ3) is 11.9. The van der Waals surface area contributed by atoms with Crippen LogP contribution in [-0.4, -0.2) is 34.6 Å². The third-order valence-electron chi connectivity index (χ3n) is 6.40. The van der Waals surface area contributed by atoms with E-state index in [1.54, 1.807) is 12.4 Å². The summed E-state index contributed by atoms with van der Waals surface area (Å²) in [5.41, 5.74) is 6.70. The van der Waals surface area contributed by atoms with E-state index in [1.807, 2.05) is 74.5 Å². The van der Waals surface area contributed by atoms with Gasteiger partial charge in [-0.15, -0.1) is 0 Å². The van der Waals surface area contributed by atoms with Gasteiger partial charge in [-0.25, -0.2) is 0 Å². The minimum absolute atomic E-state index is 0. The number of hydrogen-bond acceptors (Lipinski definition) is 8. The summed E-state index contributed by atoms with van der Waals surface area (Å²) in [6.07, 6.45) is 3.41. The van der Waals surface area contributed by atoms with E-state index in [9.17, 15) is 10.2 Å². The molecule has 0 aromatic heterocycles. The number of fused-ring (bicyclic) bond motifs is 1. The second-order valence-corrected chi connectivity index (χ2v) is 11.1. The Balaban J connectivity index is 0.00000101. The molecule has 0 heterocycles. The molecule has 8 nitrogen and oxygen atoms in total. The van der Waals surface area contributed by atoms with Crippen molar-refractivity contribution >= 4 is 46.5 Å². The van der Waals surface area contributed by atoms with Crippen LogP contribution in [-0.2, 0) is 26.4 Å². The quantitative estimate of drug-likeness (QED) is 0.239. The Bertz CT molecular complexity index is 1560. The number of carboxylic acids is 2.